The quantitative estimate of drug-likeness (QED) is 0.427. The van der Waals surface area contributed by atoms with Gasteiger partial charge in [-0.2, -0.15) is 0 Å². The second-order valence-corrected chi connectivity index (χ2v) is 2.47. The van der Waals surface area contributed by atoms with Gasteiger partial charge in [0, 0.05) is 6.54 Å². The molecule has 0 aliphatic carbocycles. The molecule has 2 rings (SSSR count). The van der Waals surface area contributed by atoms with E-state index in [1.54, 1.807) is 4.90 Å². The summed E-state index contributed by atoms with van der Waals surface area (Å²) in [6, 6.07) is 0. The molecule has 0 spiro atoms. The maximum atomic E-state index is 10.7. The maximum absolute atomic E-state index is 10.7. The average molecular weight is 127 g/mol. The Morgan fingerprint density at radius 1 is 1.67 bits per heavy atom. The van der Waals surface area contributed by atoms with E-state index in [0.29, 0.717) is 6.42 Å². The van der Waals surface area contributed by atoms with Gasteiger partial charge in [-0.25, -0.2) is 0 Å². The number of carbonyl (C=O) groups excluding carboxylic acids is 1. The zero-order chi connectivity index (χ0) is 6.27. The molecule has 0 saturated carbocycles. The molecular formula is C6H9NO2. The van der Waals surface area contributed by atoms with Crippen LogP contribution in [0.1, 0.15) is 12.8 Å². The van der Waals surface area contributed by atoms with Crippen molar-refractivity contribution < 1.29 is 9.53 Å². The fraction of sp³-hybridized carbons (Fsp3) is 0.833. The molecule has 2 aliphatic rings. The van der Waals surface area contributed by atoms with Crippen molar-refractivity contribution in [3.63, 3.8) is 0 Å². The Morgan fingerprint density at radius 2 is 2.56 bits per heavy atom. The van der Waals surface area contributed by atoms with E-state index < -0.39 is 0 Å². The van der Waals surface area contributed by atoms with Crippen LogP contribution in [0, 0.1) is 0 Å². The Balaban J connectivity index is 2.01. The lowest BCUT2D eigenvalue weighted by Crippen LogP contribution is -2.56. The molecule has 0 aromatic heterocycles. The van der Waals surface area contributed by atoms with E-state index >= 15 is 0 Å². The van der Waals surface area contributed by atoms with Gasteiger partial charge in [-0.1, -0.05) is 0 Å². The molecule has 50 valence electrons. The van der Waals surface area contributed by atoms with Gasteiger partial charge in [0.2, 0.25) is 5.91 Å². The first-order chi connectivity index (χ1) is 4.38. The van der Waals surface area contributed by atoms with Gasteiger partial charge in [0.05, 0.1) is 13.0 Å². The Kier molecular flexibility index (Phi) is 0.990. The molecule has 2 heterocycles. The fourth-order valence-electron chi connectivity index (χ4n) is 1.30. The summed E-state index contributed by atoms with van der Waals surface area (Å²) in [5.41, 5.74) is 0. The molecule has 0 aromatic rings. The molecule has 1 amide bonds. The maximum Gasteiger partial charge on any atom is 0.229 e. The highest BCUT2D eigenvalue weighted by Crippen LogP contribution is 2.23. The third-order valence-corrected chi connectivity index (χ3v) is 1.87. The van der Waals surface area contributed by atoms with Crippen molar-refractivity contribution in [1.29, 1.82) is 0 Å². The van der Waals surface area contributed by atoms with Gasteiger partial charge in [-0.15, -0.1) is 0 Å². The Labute approximate surface area is 53.6 Å². The highest BCUT2D eigenvalue weighted by atomic mass is 16.5. The van der Waals surface area contributed by atoms with Crippen LogP contribution in [0.4, 0.5) is 0 Å². The smallest absolute Gasteiger partial charge is 0.229 e. The first-order valence-corrected chi connectivity index (χ1v) is 3.29. The topological polar surface area (TPSA) is 29.5 Å². The molecule has 0 unspecified atom stereocenters. The van der Waals surface area contributed by atoms with Crippen molar-refractivity contribution in [1.82, 2.24) is 4.90 Å². The first-order valence-electron chi connectivity index (χ1n) is 3.29. The summed E-state index contributed by atoms with van der Waals surface area (Å²) in [5.74, 6) is 0.250. The number of β-lactam (4-membered cyclic amide) rings is 1. The minimum absolute atomic E-state index is 0.145. The number of carbonyl (C=O) groups is 1. The monoisotopic (exact) mass is 127 g/mol. The number of fused-ring (bicyclic) bond motifs is 1. The molecule has 0 aromatic carbocycles. The summed E-state index contributed by atoms with van der Waals surface area (Å²) < 4.78 is 5.25. The fourth-order valence-corrected chi connectivity index (χ4v) is 1.30. The predicted octanol–water partition coefficient (Wildman–Crippen LogP) is -0.0349. The van der Waals surface area contributed by atoms with Gasteiger partial charge in [-0.3, -0.25) is 4.79 Å². The van der Waals surface area contributed by atoms with Crippen molar-refractivity contribution >= 4 is 5.91 Å². The molecule has 2 saturated heterocycles. The lowest BCUT2D eigenvalue weighted by atomic mass is 10.1. The predicted molar refractivity (Wildman–Crippen MR) is 30.7 cm³/mol. The van der Waals surface area contributed by atoms with Crippen molar-refractivity contribution in [2.24, 2.45) is 0 Å². The van der Waals surface area contributed by atoms with E-state index in [9.17, 15) is 4.79 Å². The van der Waals surface area contributed by atoms with Gasteiger partial charge in [-0.05, 0) is 6.42 Å². The summed E-state index contributed by atoms with van der Waals surface area (Å²) >= 11 is 0. The summed E-state index contributed by atoms with van der Waals surface area (Å²) in [5, 5.41) is 0. The third-order valence-electron chi connectivity index (χ3n) is 1.87. The summed E-state index contributed by atoms with van der Waals surface area (Å²) in [6.07, 6.45) is 1.76. The largest absolute Gasteiger partial charge is 0.358 e. The molecule has 2 fully saturated rings. The van der Waals surface area contributed by atoms with E-state index in [1.165, 1.54) is 0 Å². The van der Waals surface area contributed by atoms with E-state index in [0.717, 1.165) is 19.6 Å². The number of hydrogen-bond acceptors (Lipinski definition) is 2. The lowest BCUT2D eigenvalue weighted by molar-refractivity contribution is -0.185. The molecule has 0 bridgehead atoms. The van der Waals surface area contributed by atoms with Gasteiger partial charge < -0.3 is 9.64 Å². The SMILES string of the molecule is O=C1C[C@@H]2OCCCN12. The Hall–Kier alpha value is -0.570. The van der Waals surface area contributed by atoms with Crippen LogP contribution in [-0.4, -0.2) is 30.2 Å². The summed E-state index contributed by atoms with van der Waals surface area (Å²) in [4.78, 5) is 12.5. The standard InChI is InChI=1S/C6H9NO2/c8-5-4-6-7(5)2-1-3-9-6/h6H,1-4H2/t6-/m0/s1. The first kappa shape index (κ1) is 5.23. The average Bonchev–Trinajstić information content (AvgIpc) is 1.86. The van der Waals surface area contributed by atoms with Crippen molar-refractivity contribution in [2.45, 2.75) is 19.1 Å². The highest BCUT2D eigenvalue weighted by Gasteiger charge is 2.38. The van der Waals surface area contributed by atoms with Crippen LogP contribution in [0.2, 0.25) is 0 Å². The Bertz CT molecular complexity index is 146. The number of hydrogen-bond donors (Lipinski definition) is 0. The van der Waals surface area contributed by atoms with Crippen LogP contribution in [0.5, 0.6) is 0 Å². The molecule has 1 atom stereocenters. The van der Waals surface area contributed by atoms with Crippen molar-refractivity contribution in [3.05, 3.63) is 0 Å². The number of amides is 1. The second kappa shape index (κ2) is 1.70. The van der Waals surface area contributed by atoms with E-state index in [-0.39, 0.29) is 12.1 Å². The second-order valence-electron chi connectivity index (χ2n) is 2.47. The normalized spacial score (nSPS) is 33.6. The van der Waals surface area contributed by atoms with E-state index in [2.05, 4.69) is 0 Å². The van der Waals surface area contributed by atoms with Crippen LogP contribution >= 0.6 is 0 Å². The number of ether oxygens (including phenoxy) is 1. The molecule has 2 aliphatic heterocycles. The highest BCUT2D eigenvalue weighted by molar-refractivity contribution is 5.82. The minimum atomic E-state index is 0.145. The summed E-state index contributed by atoms with van der Waals surface area (Å²) in [6.45, 7) is 1.73. The van der Waals surface area contributed by atoms with Crippen LogP contribution in [0.25, 0.3) is 0 Å². The zero-order valence-electron chi connectivity index (χ0n) is 5.17. The number of rotatable bonds is 0. The van der Waals surface area contributed by atoms with E-state index in [1.807, 2.05) is 0 Å². The van der Waals surface area contributed by atoms with Gasteiger partial charge in [0.1, 0.15) is 6.23 Å². The molecule has 3 nitrogen and oxygen atoms in total. The molecular weight excluding hydrogens is 118 g/mol. The lowest BCUT2D eigenvalue weighted by Gasteiger charge is -2.43. The van der Waals surface area contributed by atoms with Crippen LogP contribution in [0.3, 0.4) is 0 Å². The van der Waals surface area contributed by atoms with Crippen molar-refractivity contribution in [3.8, 4) is 0 Å². The third kappa shape index (κ3) is 0.645. The van der Waals surface area contributed by atoms with E-state index in [4.69, 9.17) is 4.74 Å². The molecule has 3 heteroatoms. The van der Waals surface area contributed by atoms with Crippen LogP contribution in [-0.2, 0) is 9.53 Å². The van der Waals surface area contributed by atoms with Gasteiger partial charge >= 0.3 is 0 Å². The number of nitrogens with zero attached hydrogens (tertiary/aromatic N) is 1. The van der Waals surface area contributed by atoms with Gasteiger partial charge in [0.15, 0.2) is 0 Å². The zero-order valence-corrected chi connectivity index (χ0v) is 5.17. The molecule has 0 N–H and O–H groups in total. The minimum Gasteiger partial charge on any atom is -0.358 e. The molecule has 0 radical (unpaired) electrons. The van der Waals surface area contributed by atoms with Crippen molar-refractivity contribution in [2.75, 3.05) is 13.2 Å². The van der Waals surface area contributed by atoms with Crippen LogP contribution in [0.15, 0.2) is 0 Å². The molecule has 9 heavy (non-hydrogen) atoms. The summed E-state index contributed by atoms with van der Waals surface area (Å²) in [7, 11) is 0. The van der Waals surface area contributed by atoms with Gasteiger partial charge in [0.25, 0.3) is 0 Å². The van der Waals surface area contributed by atoms with Crippen LogP contribution < -0.4 is 0 Å². The Morgan fingerprint density at radius 3 is 3.11 bits per heavy atom.